The van der Waals surface area contributed by atoms with Crippen LogP contribution in [0.25, 0.3) is 0 Å². The number of allylic oxidation sites excluding steroid dienone is 1. The minimum Gasteiger partial charge on any atom is -0.333 e. The molecule has 0 aromatic heterocycles. The number of hydrogen-bond donors (Lipinski definition) is 0. The highest BCUT2D eigenvalue weighted by atomic mass is 32.3. The molecule has 0 saturated heterocycles. The predicted molar refractivity (Wildman–Crippen MR) is 152 cm³/mol. The number of fused-ring (bicyclic) bond motifs is 2. The minimum atomic E-state index is -4.57. The molecule has 0 N–H and O–H groups in total. The molecule has 1 unspecified atom stereocenters. The fraction of sp³-hybridized carbons (Fsp3) is 0.321. The highest BCUT2D eigenvalue weighted by Crippen LogP contribution is 2.41. The summed E-state index contributed by atoms with van der Waals surface area (Å²) < 4.78 is 58.1. The number of hydroxylamine groups is 2. The van der Waals surface area contributed by atoms with E-state index >= 15 is 0 Å². The van der Waals surface area contributed by atoms with Crippen LogP contribution in [0.3, 0.4) is 0 Å². The number of aryl methyl sites for hydroxylation is 2. The molecule has 40 heavy (non-hydrogen) atoms. The Balaban J connectivity index is 1.75. The number of aliphatic imine (C=N–C) groups is 1. The van der Waals surface area contributed by atoms with E-state index in [2.05, 4.69) is 0 Å². The zero-order chi connectivity index (χ0) is 28.8. The summed E-state index contributed by atoms with van der Waals surface area (Å²) >= 11 is 0. The maximum Gasteiger partial charge on any atom is 0.257 e. The van der Waals surface area contributed by atoms with E-state index in [-0.39, 0.29) is 9.79 Å². The Labute approximate surface area is 236 Å². The molecule has 0 aliphatic carbocycles. The number of benzene rings is 2. The lowest BCUT2D eigenvalue weighted by Crippen LogP contribution is -2.50. The molecule has 0 saturated carbocycles. The molecule has 0 radical (unpaired) electrons. The van der Waals surface area contributed by atoms with E-state index in [1.165, 1.54) is 24.3 Å². The highest BCUT2D eigenvalue weighted by molar-refractivity contribution is 8.04. The van der Waals surface area contributed by atoms with Crippen LogP contribution >= 0.6 is 0 Å². The third-order valence-corrected chi connectivity index (χ3v) is 11.3. The van der Waals surface area contributed by atoms with Crippen LogP contribution in [-0.4, -0.2) is 68.0 Å². The molecule has 5 rings (SSSR count). The summed E-state index contributed by atoms with van der Waals surface area (Å²) in [7, 11) is -7.59. The van der Waals surface area contributed by atoms with Crippen LogP contribution in [0.1, 0.15) is 31.4 Å². The van der Waals surface area contributed by atoms with Crippen molar-refractivity contribution in [3.05, 3.63) is 94.8 Å². The van der Waals surface area contributed by atoms with Crippen molar-refractivity contribution in [3.8, 4) is 0 Å². The van der Waals surface area contributed by atoms with E-state index in [0.717, 1.165) is 23.2 Å². The second-order valence-corrected chi connectivity index (χ2v) is 13.9. The van der Waals surface area contributed by atoms with Crippen molar-refractivity contribution in [1.82, 2.24) is 18.6 Å². The van der Waals surface area contributed by atoms with Crippen LogP contribution in [0.15, 0.2) is 98.5 Å². The Morgan fingerprint density at radius 3 is 1.95 bits per heavy atom. The molecular formula is C28H33N5O5S2. The Hall–Kier alpha value is -3.45. The third-order valence-electron chi connectivity index (χ3n) is 7.03. The number of nitrogens with zero attached hydrogens (tertiary/aromatic N) is 5. The Kier molecular flexibility index (Phi) is 7.38. The predicted octanol–water partition coefficient (Wildman–Crippen LogP) is 3.91. The minimum absolute atomic E-state index is 0.119. The maximum absolute atomic E-state index is 14.4. The van der Waals surface area contributed by atoms with Gasteiger partial charge in [-0.05, 0) is 57.0 Å². The van der Waals surface area contributed by atoms with Crippen LogP contribution in [0.2, 0.25) is 0 Å². The summed E-state index contributed by atoms with van der Waals surface area (Å²) in [6, 6.07) is 11.1. The van der Waals surface area contributed by atoms with E-state index in [9.17, 15) is 16.8 Å². The molecule has 212 valence electrons. The lowest BCUT2D eigenvalue weighted by molar-refractivity contribution is -0.0968. The zero-order valence-electron chi connectivity index (χ0n) is 23.1. The zero-order valence-corrected chi connectivity index (χ0v) is 24.8. The number of sulfonamides is 2. The standard InChI is InChI=1S/C28H33N5O5S2/c1-6-15-30-17-22(4)27(26-28(30)32-19-31(38-5)18-23(32)16-29-26)33(39(34,35)24-11-7-20(2)8-12-24)40(36,37)25-13-9-21(3)10-14-25/h7-14,16-18,27H,6,15,19H2,1-5H3. The van der Waals surface area contributed by atoms with Crippen molar-refractivity contribution in [2.45, 2.75) is 49.9 Å². The van der Waals surface area contributed by atoms with Gasteiger partial charge in [-0.25, -0.2) is 21.9 Å². The van der Waals surface area contributed by atoms with Gasteiger partial charge in [0.15, 0.2) is 0 Å². The van der Waals surface area contributed by atoms with Crippen LogP contribution in [0.4, 0.5) is 0 Å². The smallest absolute Gasteiger partial charge is 0.257 e. The van der Waals surface area contributed by atoms with Gasteiger partial charge in [0.1, 0.15) is 24.2 Å². The first kappa shape index (κ1) is 28.1. The van der Waals surface area contributed by atoms with E-state index in [0.29, 0.717) is 34.0 Å². The summed E-state index contributed by atoms with van der Waals surface area (Å²) in [5.41, 5.74) is 3.33. The molecule has 0 fully saturated rings. The van der Waals surface area contributed by atoms with Crippen LogP contribution < -0.4 is 0 Å². The quantitative estimate of drug-likeness (QED) is 0.461. The van der Waals surface area contributed by atoms with E-state index in [1.807, 2.05) is 36.8 Å². The molecule has 3 aliphatic rings. The molecule has 2 aromatic carbocycles. The van der Waals surface area contributed by atoms with Gasteiger partial charge in [0.05, 0.1) is 35.0 Å². The van der Waals surface area contributed by atoms with Crippen LogP contribution in [-0.2, 0) is 24.9 Å². The molecule has 12 heteroatoms. The van der Waals surface area contributed by atoms with Gasteiger partial charge in [0.25, 0.3) is 20.0 Å². The normalized spacial score (nSPS) is 19.1. The van der Waals surface area contributed by atoms with Crippen LogP contribution in [0.5, 0.6) is 0 Å². The van der Waals surface area contributed by atoms with Gasteiger partial charge in [-0.2, -0.15) is 0 Å². The van der Waals surface area contributed by atoms with Crippen molar-refractivity contribution in [3.63, 3.8) is 0 Å². The van der Waals surface area contributed by atoms with E-state index < -0.39 is 26.1 Å². The molecule has 2 aromatic rings. The largest absolute Gasteiger partial charge is 0.333 e. The second kappa shape index (κ2) is 10.5. The summed E-state index contributed by atoms with van der Waals surface area (Å²) in [5.74, 6) is 0.619. The topological polar surface area (TPSA) is 103 Å². The number of hydrogen-bond acceptors (Lipinski definition) is 9. The van der Waals surface area contributed by atoms with Gasteiger partial charge in [-0.3, -0.25) is 9.83 Å². The maximum atomic E-state index is 14.4. The lowest BCUT2D eigenvalue weighted by atomic mass is 10.0. The first-order chi connectivity index (χ1) is 19.0. The summed E-state index contributed by atoms with van der Waals surface area (Å²) in [6.45, 7) is 8.43. The van der Waals surface area contributed by atoms with Gasteiger partial charge in [-0.15, -0.1) is 0 Å². The van der Waals surface area contributed by atoms with Gasteiger partial charge in [-0.1, -0.05) is 46.0 Å². The summed E-state index contributed by atoms with van der Waals surface area (Å²) in [6.07, 6.45) is 6.04. The molecule has 10 nitrogen and oxygen atoms in total. The lowest BCUT2D eigenvalue weighted by Gasteiger charge is -2.42. The first-order valence-electron chi connectivity index (χ1n) is 13.0. The average molecular weight is 584 g/mol. The van der Waals surface area contributed by atoms with E-state index in [1.54, 1.807) is 55.8 Å². The molecule has 3 heterocycles. The second-order valence-electron chi connectivity index (χ2n) is 10.0. The molecule has 1 atom stereocenters. The van der Waals surface area contributed by atoms with Crippen molar-refractivity contribution < 1.29 is 21.7 Å². The fourth-order valence-corrected chi connectivity index (χ4v) is 9.03. The highest BCUT2D eigenvalue weighted by Gasteiger charge is 2.49. The van der Waals surface area contributed by atoms with Gasteiger partial charge < -0.3 is 9.80 Å². The van der Waals surface area contributed by atoms with E-state index in [4.69, 9.17) is 9.83 Å². The SMILES string of the molecule is CCCN1C=C(C)C(N(S(=O)(=O)c2ccc(C)cc2)S(=O)(=O)c2ccc(C)cc2)C2=C1N1CN(OC)C=C1C=N2. The van der Waals surface area contributed by atoms with Crippen molar-refractivity contribution >= 4 is 26.3 Å². The first-order valence-corrected chi connectivity index (χ1v) is 15.8. The van der Waals surface area contributed by atoms with Gasteiger partial charge in [0.2, 0.25) is 0 Å². The van der Waals surface area contributed by atoms with Crippen molar-refractivity contribution in [1.29, 1.82) is 0 Å². The molecule has 0 bridgehead atoms. The van der Waals surface area contributed by atoms with Crippen LogP contribution in [0, 0.1) is 13.8 Å². The third kappa shape index (κ3) is 4.74. The number of rotatable bonds is 8. The molecule has 0 amide bonds. The monoisotopic (exact) mass is 583 g/mol. The van der Waals surface area contributed by atoms with Gasteiger partial charge in [0, 0.05) is 12.7 Å². The average Bonchev–Trinajstić information content (AvgIpc) is 3.34. The Morgan fingerprint density at radius 1 is 0.900 bits per heavy atom. The van der Waals surface area contributed by atoms with Crippen molar-refractivity contribution in [2.24, 2.45) is 4.99 Å². The van der Waals surface area contributed by atoms with Crippen molar-refractivity contribution in [2.75, 3.05) is 20.3 Å². The Bertz CT molecular complexity index is 1570. The summed E-state index contributed by atoms with van der Waals surface area (Å²) in [4.78, 5) is 13.8. The molecular weight excluding hydrogens is 550 g/mol. The molecule has 3 aliphatic heterocycles. The van der Waals surface area contributed by atoms with Gasteiger partial charge >= 0.3 is 0 Å². The Morgan fingerprint density at radius 2 is 1.45 bits per heavy atom. The summed E-state index contributed by atoms with van der Waals surface area (Å²) in [5, 5.41) is 1.63. The fourth-order valence-electron chi connectivity index (χ4n) is 5.01. The molecule has 0 spiro atoms.